The fraction of sp³-hybridized carbons (Fsp3) is 0.286. The Morgan fingerprint density at radius 1 is 1.37 bits per heavy atom. The quantitative estimate of drug-likeness (QED) is 0.902. The van der Waals surface area contributed by atoms with E-state index in [0.717, 1.165) is 11.3 Å². The molecule has 0 bridgehead atoms. The Hall–Kier alpha value is -1.81. The van der Waals surface area contributed by atoms with Crippen LogP contribution in [0.2, 0.25) is 5.15 Å². The first kappa shape index (κ1) is 12.2. The van der Waals surface area contributed by atoms with Gasteiger partial charge in [0.2, 0.25) is 0 Å². The second kappa shape index (κ2) is 4.38. The third kappa shape index (κ3) is 2.02. The SMILES string of the molecule is O=C(O)C1(c2c(Cl)n[nH]c2Cc2ccccc2)CC1. The van der Waals surface area contributed by atoms with Gasteiger partial charge >= 0.3 is 5.97 Å². The van der Waals surface area contributed by atoms with E-state index in [0.29, 0.717) is 24.8 Å². The number of nitrogens with zero attached hydrogens (tertiary/aromatic N) is 1. The number of aromatic nitrogens is 2. The molecule has 0 atom stereocenters. The van der Waals surface area contributed by atoms with Crippen LogP contribution in [0.5, 0.6) is 0 Å². The summed E-state index contributed by atoms with van der Waals surface area (Å²) in [6.45, 7) is 0. The number of hydrogen-bond donors (Lipinski definition) is 2. The largest absolute Gasteiger partial charge is 0.481 e. The molecule has 2 N–H and O–H groups in total. The van der Waals surface area contributed by atoms with Crippen molar-refractivity contribution in [3.8, 4) is 0 Å². The van der Waals surface area contributed by atoms with Gasteiger partial charge in [-0.1, -0.05) is 41.9 Å². The van der Waals surface area contributed by atoms with E-state index in [-0.39, 0.29) is 5.15 Å². The van der Waals surface area contributed by atoms with Gasteiger partial charge in [-0.25, -0.2) is 0 Å². The molecule has 0 aliphatic heterocycles. The Kier molecular flexibility index (Phi) is 2.82. The topological polar surface area (TPSA) is 66.0 Å². The molecule has 5 heteroatoms. The van der Waals surface area contributed by atoms with Crippen molar-refractivity contribution in [3.05, 3.63) is 52.3 Å². The average molecular weight is 277 g/mol. The van der Waals surface area contributed by atoms with Gasteiger partial charge in [-0.15, -0.1) is 0 Å². The van der Waals surface area contributed by atoms with Gasteiger partial charge in [0.05, 0.1) is 5.41 Å². The molecule has 1 saturated carbocycles. The van der Waals surface area contributed by atoms with Crippen molar-refractivity contribution in [2.24, 2.45) is 0 Å². The van der Waals surface area contributed by atoms with Gasteiger partial charge in [0.25, 0.3) is 0 Å². The molecule has 19 heavy (non-hydrogen) atoms. The minimum atomic E-state index is -0.825. The molecule has 0 saturated heterocycles. The smallest absolute Gasteiger partial charge is 0.314 e. The summed E-state index contributed by atoms with van der Waals surface area (Å²) < 4.78 is 0. The zero-order chi connectivity index (χ0) is 13.5. The van der Waals surface area contributed by atoms with Crippen LogP contribution in [0.4, 0.5) is 0 Å². The number of aliphatic carboxylic acids is 1. The third-order valence-corrected chi connectivity index (χ3v) is 3.93. The van der Waals surface area contributed by atoms with E-state index in [1.54, 1.807) is 0 Å². The summed E-state index contributed by atoms with van der Waals surface area (Å²) in [5, 5.41) is 16.5. The minimum Gasteiger partial charge on any atom is -0.481 e. The molecule has 4 nitrogen and oxygen atoms in total. The van der Waals surface area contributed by atoms with Gasteiger partial charge in [0.15, 0.2) is 5.15 Å². The van der Waals surface area contributed by atoms with Gasteiger partial charge in [-0.05, 0) is 18.4 Å². The molecule has 0 unspecified atom stereocenters. The fourth-order valence-corrected chi connectivity index (χ4v) is 2.80. The maximum Gasteiger partial charge on any atom is 0.314 e. The van der Waals surface area contributed by atoms with Crippen LogP contribution in [0.3, 0.4) is 0 Å². The second-order valence-corrected chi connectivity index (χ2v) is 5.28. The lowest BCUT2D eigenvalue weighted by Crippen LogP contribution is -2.21. The van der Waals surface area contributed by atoms with Crippen molar-refractivity contribution in [3.63, 3.8) is 0 Å². The maximum absolute atomic E-state index is 11.4. The molecule has 1 fully saturated rings. The molecule has 0 spiro atoms. The Labute approximate surface area is 115 Å². The first-order chi connectivity index (χ1) is 9.13. The van der Waals surface area contributed by atoms with Crippen LogP contribution in [-0.2, 0) is 16.6 Å². The van der Waals surface area contributed by atoms with Crippen LogP contribution in [-0.4, -0.2) is 21.3 Å². The zero-order valence-electron chi connectivity index (χ0n) is 10.2. The Balaban J connectivity index is 1.98. The predicted molar refractivity (Wildman–Crippen MR) is 71.4 cm³/mol. The molecule has 1 aromatic heterocycles. The van der Waals surface area contributed by atoms with Crippen LogP contribution in [0, 0.1) is 0 Å². The summed E-state index contributed by atoms with van der Waals surface area (Å²) in [5.41, 5.74) is 1.74. The molecule has 3 rings (SSSR count). The number of halogens is 1. The molecule has 1 aliphatic rings. The van der Waals surface area contributed by atoms with Crippen molar-refractivity contribution in [2.75, 3.05) is 0 Å². The molecule has 0 radical (unpaired) electrons. The number of rotatable bonds is 4. The number of H-pyrrole nitrogens is 1. The summed E-state index contributed by atoms with van der Waals surface area (Å²) >= 11 is 6.07. The molecule has 1 aromatic carbocycles. The first-order valence-corrected chi connectivity index (χ1v) is 6.52. The Morgan fingerprint density at radius 2 is 2.05 bits per heavy atom. The number of hydrogen-bond acceptors (Lipinski definition) is 2. The zero-order valence-corrected chi connectivity index (χ0v) is 10.9. The molecular weight excluding hydrogens is 264 g/mol. The van der Waals surface area contributed by atoms with Crippen LogP contribution >= 0.6 is 11.6 Å². The molecular formula is C14H13ClN2O2. The molecule has 1 aliphatic carbocycles. The Bertz CT molecular complexity index is 618. The van der Waals surface area contributed by atoms with Crippen LogP contribution in [0.1, 0.15) is 29.7 Å². The number of nitrogens with one attached hydrogen (secondary N) is 1. The summed E-state index contributed by atoms with van der Waals surface area (Å²) in [7, 11) is 0. The average Bonchev–Trinajstić information content (AvgIpc) is 3.12. The number of carboxylic acids is 1. The normalized spacial score (nSPS) is 16.3. The standard InChI is InChI=1S/C14H13ClN2O2/c15-12-11(14(6-7-14)13(18)19)10(16-17-12)8-9-4-2-1-3-5-9/h1-5H,6-8H2,(H,16,17)(H,18,19). The number of carbonyl (C=O) groups is 1. The van der Waals surface area contributed by atoms with Crippen LogP contribution in [0.25, 0.3) is 0 Å². The summed E-state index contributed by atoms with van der Waals surface area (Å²) in [4.78, 5) is 11.4. The predicted octanol–water partition coefficient (Wildman–Crippen LogP) is 2.77. The third-order valence-electron chi connectivity index (χ3n) is 3.66. The lowest BCUT2D eigenvalue weighted by molar-refractivity contribution is -0.140. The summed E-state index contributed by atoms with van der Waals surface area (Å²) in [6.07, 6.45) is 1.87. The van der Waals surface area contributed by atoms with Gasteiger partial charge in [-0.2, -0.15) is 5.10 Å². The van der Waals surface area contributed by atoms with E-state index < -0.39 is 11.4 Å². The van der Waals surface area contributed by atoms with Crippen LogP contribution in [0.15, 0.2) is 30.3 Å². The first-order valence-electron chi connectivity index (χ1n) is 6.14. The minimum absolute atomic E-state index is 0.283. The summed E-state index contributed by atoms with van der Waals surface area (Å²) in [6, 6.07) is 9.86. The number of carboxylic acid groups (broad SMARTS) is 1. The van der Waals surface area contributed by atoms with E-state index in [9.17, 15) is 9.90 Å². The molecule has 98 valence electrons. The fourth-order valence-electron chi connectivity index (χ4n) is 2.46. The van der Waals surface area contributed by atoms with Gasteiger partial charge in [0, 0.05) is 17.7 Å². The molecule has 1 heterocycles. The summed E-state index contributed by atoms with van der Waals surface area (Å²) in [5.74, 6) is -0.815. The number of benzene rings is 1. The lowest BCUT2D eigenvalue weighted by atomic mass is 9.94. The lowest BCUT2D eigenvalue weighted by Gasteiger charge is -2.11. The van der Waals surface area contributed by atoms with Gasteiger partial charge in [-0.3, -0.25) is 9.89 Å². The highest BCUT2D eigenvalue weighted by Gasteiger charge is 2.55. The van der Waals surface area contributed by atoms with E-state index in [1.807, 2.05) is 30.3 Å². The van der Waals surface area contributed by atoms with Crippen molar-refractivity contribution in [2.45, 2.75) is 24.7 Å². The Morgan fingerprint density at radius 3 is 2.63 bits per heavy atom. The number of aromatic amines is 1. The monoisotopic (exact) mass is 276 g/mol. The molecule has 2 aromatic rings. The van der Waals surface area contributed by atoms with E-state index in [1.165, 1.54) is 0 Å². The van der Waals surface area contributed by atoms with Gasteiger partial charge in [0.1, 0.15) is 0 Å². The van der Waals surface area contributed by atoms with Crippen molar-refractivity contribution in [1.82, 2.24) is 10.2 Å². The second-order valence-electron chi connectivity index (χ2n) is 4.92. The highest BCUT2D eigenvalue weighted by Crippen LogP contribution is 2.51. The van der Waals surface area contributed by atoms with Crippen molar-refractivity contribution >= 4 is 17.6 Å². The van der Waals surface area contributed by atoms with Crippen LogP contribution < -0.4 is 0 Å². The highest BCUT2D eigenvalue weighted by molar-refractivity contribution is 6.30. The van der Waals surface area contributed by atoms with E-state index in [2.05, 4.69) is 10.2 Å². The maximum atomic E-state index is 11.4. The van der Waals surface area contributed by atoms with Crippen molar-refractivity contribution < 1.29 is 9.90 Å². The van der Waals surface area contributed by atoms with E-state index >= 15 is 0 Å². The van der Waals surface area contributed by atoms with E-state index in [4.69, 9.17) is 11.6 Å². The van der Waals surface area contributed by atoms with Gasteiger partial charge < -0.3 is 5.11 Å². The van der Waals surface area contributed by atoms with Crippen molar-refractivity contribution in [1.29, 1.82) is 0 Å². The molecule has 0 amide bonds. The highest BCUT2D eigenvalue weighted by atomic mass is 35.5.